The van der Waals surface area contributed by atoms with E-state index in [2.05, 4.69) is 10.0 Å². The molecule has 7 heteroatoms. The van der Waals surface area contributed by atoms with Gasteiger partial charge in [-0.05, 0) is 50.2 Å². The van der Waals surface area contributed by atoms with Crippen molar-refractivity contribution in [3.63, 3.8) is 0 Å². The summed E-state index contributed by atoms with van der Waals surface area (Å²) in [6, 6.07) is 14.6. The van der Waals surface area contributed by atoms with E-state index in [4.69, 9.17) is 4.74 Å². The van der Waals surface area contributed by atoms with Crippen molar-refractivity contribution in [2.75, 3.05) is 11.3 Å². The van der Waals surface area contributed by atoms with Gasteiger partial charge >= 0.3 is 0 Å². The second-order valence-electron chi connectivity index (χ2n) is 5.45. The molecular weight excluding hydrogens is 328 g/mol. The Kier molecular flexibility index (Phi) is 5.81. The van der Waals surface area contributed by atoms with Gasteiger partial charge in [-0.15, -0.1) is 0 Å². The fourth-order valence-corrected chi connectivity index (χ4v) is 3.01. The number of hydrogen-bond donors (Lipinski definition) is 2. The number of carbonyl (C=O) groups is 1. The number of rotatable bonds is 7. The minimum Gasteiger partial charge on any atom is -0.484 e. The van der Waals surface area contributed by atoms with Crippen LogP contribution in [-0.2, 0) is 14.8 Å². The maximum Gasteiger partial charge on any atom is 0.261 e. The molecule has 2 aromatic rings. The summed E-state index contributed by atoms with van der Waals surface area (Å²) < 4.78 is 32.4. The van der Waals surface area contributed by atoms with Crippen molar-refractivity contribution in [1.29, 1.82) is 0 Å². The Bertz CT molecular complexity index is 772. The molecule has 0 spiro atoms. The lowest BCUT2D eigenvalue weighted by molar-refractivity contribution is -0.123. The van der Waals surface area contributed by atoms with Crippen LogP contribution in [0.5, 0.6) is 5.75 Å². The lowest BCUT2D eigenvalue weighted by Crippen LogP contribution is -2.34. The lowest BCUT2D eigenvalue weighted by atomic mass is 10.3. The van der Waals surface area contributed by atoms with E-state index in [-0.39, 0.29) is 23.5 Å². The summed E-state index contributed by atoms with van der Waals surface area (Å²) in [7, 11) is -3.66. The van der Waals surface area contributed by atoms with Crippen molar-refractivity contribution in [2.24, 2.45) is 0 Å². The molecular formula is C17H20N2O4S. The van der Waals surface area contributed by atoms with Crippen molar-refractivity contribution >= 4 is 21.6 Å². The average Bonchev–Trinajstić information content (AvgIpc) is 2.53. The third kappa shape index (κ3) is 5.27. The summed E-state index contributed by atoms with van der Waals surface area (Å²) >= 11 is 0. The second-order valence-corrected chi connectivity index (χ2v) is 7.14. The minimum atomic E-state index is -3.66. The molecule has 6 nitrogen and oxygen atoms in total. The zero-order valence-corrected chi connectivity index (χ0v) is 14.3. The number of para-hydroxylation sites is 1. The van der Waals surface area contributed by atoms with Gasteiger partial charge in [-0.1, -0.05) is 18.2 Å². The highest BCUT2D eigenvalue weighted by atomic mass is 32.2. The Morgan fingerprint density at radius 1 is 1.04 bits per heavy atom. The van der Waals surface area contributed by atoms with Crippen LogP contribution in [0.3, 0.4) is 0 Å². The van der Waals surface area contributed by atoms with Gasteiger partial charge in [-0.3, -0.25) is 9.52 Å². The molecule has 0 fully saturated rings. The first-order chi connectivity index (χ1) is 11.4. The van der Waals surface area contributed by atoms with E-state index in [0.29, 0.717) is 11.4 Å². The molecule has 0 aliphatic rings. The zero-order chi connectivity index (χ0) is 17.6. The maximum absolute atomic E-state index is 12.3. The number of benzene rings is 2. The maximum atomic E-state index is 12.3. The van der Waals surface area contributed by atoms with Gasteiger partial charge in [0.1, 0.15) is 5.75 Å². The standard InChI is InChI=1S/C17H20N2O4S/c1-13(2)18-17(20)12-23-15-8-10-16(11-9-15)24(21,22)19-14-6-4-3-5-7-14/h3-11,13,19H,12H2,1-2H3,(H,18,20). The van der Waals surface area contributed by atoms with Crippen molar-refractivity contribution < 1.29 is 17.9 Å². The number of nitrogens with one attached hydrogen (secondary N) is 2. The number of anilines is 1. The lowest BCUT2D eigenvalue weighted by Gasteiger charge is -2.11. The quantitative estimate of drug-likeness (QED) is 0.805. The highest BCUT2D eigenvalue weighted by Gasteiger charge is 2.14. The molecule has 0 unspecified atom stereocenters. The predicted octanol–water partition coefficient (Wildman–Crippen LogP) is 2.39. The Balaban J connectivity index is 1.99. The van der Waals surface area contributed by atoms with Crippen LogP contribution in [0.4, 0.5) is 5.69 Å². The molecule has 0 saturated heterocycles. The monoisotopic (exact) mass is 348 g/mol. The molecule has 0 radical (unpaired) electrons. The molecule has 128 valence electrons. The molecule has 0 bridgehead atoms. The van der Waals surface area contributed by atoms with E-state index in [0.717, 1.165) is 0 Å². The van der Waals surface area contributed by atoms with Gasteiger partial charge in [-0.2, -0.15) is 0 Å². The molecule has 0 atom stereocenters. The fourth-order valence-electron chi connectivity index (χ4n) is 1.95. The highest BCUT2D eigenvalue weighted by Crippen LogP contribution is 2.19. The van der Waals surface area contributed by atoms with Gasteiger partial charge < -0.3 is 10.1 Å². The van der Waals surface area contributed by atoms with Crippen LogP contribution in [0, 0.1) is 0 Å². The Morgan fingerprint density at radius 3 is 2.25 bits per heavy atom. The van der Waals surface area contributed by atoms with Crippen LogP contribution in [0.2, 0.25) is 0 Å². The summed E-state index contributed by atoms with van der Waals surface area (Å²) in [5.41, 5.74) is 0.489. The van der Waals surface area contributed by atoms with Gasteiger partial charge in [0.15, 0.2) is 6.61 Å². The highest BCUT2D eigenvalue weighted by molar-refractivity contribution is 7.92. The van der Waals surface area contributed by atoms with Gasteiger partial charge in [0.05, 0.1) is 4.90 Å². The summed E-state index contributed by atoms with van der Waals surface area (Å²) in [4.78, 5) is 11.6. The van der Waals surface area contributed by atoms with Crippen LogP contribution in [0.1, 0.15) is 13.8 Å². The van der Waals surface area contributed by atoms with E-state index >= 15 is 0 Å². The molecule has 2 rings (SSSR count). The van der Waals surface area contributed by atoms with Crippen molar-refractivity contribution in [2.45, 2.75) is 24.8 Å². The van der Waals surface area contributed by atoms with Crippen LogP contribution in [-0.4, -0.2) is 27.0 Å². The average molecular weight is 348 g/mol. The minimum absolute atomic E-state index is 0.0395. The molecule has 2 aromatic carbocycles. The molecule has 1 amide bonds. The number of carbonyl (C=O) groups excluding carboxylic acids is 1. The van der Waals surface area contributed by atoms with Gasteiger partial charge in [-0.25, -0.2) is 8.42 Å². The fraction of sp³-hybridized carbons (Fsp3) is 0.235. The van der Waals surface area contributed by atoms with Crippen molar-refractivity contribution in [3.8, 4) is 5.75 Å². The third-order valence-corrected chi connectivity index (χ3v) is 4.38. The SMILES string of the molecule is CC(C)NC(=O)COc1ccc(S(=O)(=O)Nc2ccccc2)cc1. The van der Waals surface area contributed by atoms with Crippen LogP contribution >= 0.6 is 0 Å². The van der Waals surface area contributed by atoms with Gasteiger partial charge in [0.2, 0.25) is 0 Å². The topological polar surface area (TPSA) is 84.5 Å². The summed E-state index contributed by atoms with van der Waals surface area (Å²) in [5, 5.41) is 2.71. The molecule has 0 aliphatic heterocycles. The second kappa shape index (κ2) is 7.83. The summed E-state index contributed by atoms with van der Waals surface area (Å²) in [5.74, 6) is 0.194. The normalized spacial score (nSPS) is 11.1. The van der Waals surface area contributed by atoms with Crippen LogP contribution in [0.25, 0.3) is 0 Å². The van der Waals surface area contributed by atoms with Gasteiger partial charge in [0, 0.05) is 11.7 Å². The van der Waals surface area contributed by atoms with Crippen LogP contribution < -0.4 is 14.8 Å². The summed E-state index contributed by atoms with van der Waals surface area (Å²) in [6.45, 7) is 3.60. The Labute approximate surface area is 141 Å². The Hall–Kier alpha value is -2.54. The van der Waals surface area contributed by atoms with Crippen molar-refractivity contribution in [3.05, 3.63) is 54.6 Å². The first-order valence-electron chi connectivity index (χ1n) is 7.47. The van der Waals surface area contributed by atoms with E-state index in [1.54, 1.807) is 30.3 Å². The van der Waals surface area contributed by atoms with E-state index in [9.17, 15) is 13.2 Å². The van der Waals surface area contributed by atoms with Gasteiger partial charge in [0.25, 0.3) is 15.9 Å². The summed E-state index contributed by atoms with van der Waals surface area (Å²) in [6.07, 6.45) is 0. The number of sulfonamides is 1. The number of ether oxygens (including phenoxy) is 1. The number of hydrogen-bond acceptors (Lipinski definition) is 4. The molecule has 0 heterocycles. The van der Waals surface area contributed by atoms with Crippen molar-refractivity contribution in [1.82, 2.24) is 5.32 Å². The zero-order valence-electron chi connectivity index (χ0n) is 13.5. The first-order valence-corrected chi connectivity index (χ1v) is 8.95. The molecule has 0 saturated carbocycles. The Morgan fingerprint density at radius 2 is 1.67 bits per heavy atom. The predicted molar refractivity (Wildman–Crippen MR) is 92.5 cm³/mol. The molecule has 2 N–H and O–H groups in total. The van der Waals surface area contributed by atoms with E-state index < -0.39 is 10.0 Å². The van der Waals surface area contributed by atoms with Crippen LogP contribution in [0.15, 0.2) is 59.5 Å². The third-order valence-electron chi connectivity index (χ3n) is 2.98. The number of amides is 1. The first kappa shape index (κ1) is 17.8. The molecule has 0 aliphatic carbocycles. The molecule has 0 aromatic heterocycles. The smallest absolute Gasteiger partial charge is 0.261 e. The van der Waals surface area contributed by atoms with E-state index in [1.807, 2.05) is 13.8 Å². The van der Waals surface area contributed by atoms with E-state index in [1.165, 1.54) is 24.3 Å². The molecule has 24 heavy (non-hydrogen) atoms. The largest absolute Gasteiger partial charge is 0.484 e.